The Bertz CT molecular complexity index is 364. The molecule has 1 aromatic carbocycles. The average Bonchev–Trinajstić information content (AvgIpc) is 2.28. The van der Waals surface area contributed by atoms with Crippen molar-refractivity contribution in [3.63, 3.8) is 0 Å². The Balaban J connectivity index is 2.32. The number of benzene rings is 1. The van der Waals surface area contributed by atoms with Gasteiger partial charge in [-0.15, -0.1) is 0 Å². The van der Waals surface area contributed by atoms with E-state index in [4.69, 9.17) is 16.3 Å². The summed E-state index contributed by atoms with van der Waals surface area (Å²) in [6, 6.07) is 5.19. The number of alkyl halides is 2. The maximum Gasteiger partial charge on any atom is 0.166 e. The smallest absolute Gasteiger partial charge is 0.166 e. The van der Waals surface area contributed by atoms with Gasteiger partial charge in [0.1, 0.15) is 19.1 Å². The minimum atomic E-state index is -1.29. The highest BCUT2D eigenvalue weighted by molar-refractivity contribution is 6.30. The van der Waals surface area contributed by atoms with Crippen molar-refractivity contribution in [2.75, 3.05) is 13.3 Å². The molecule has 0 aliphatic carbocycles. The molecule has 1 heterocycles. The molecular weight excluding hydrogens is 222 g/mol. The molecule has 0 fully saturated rings. The summed E-state index contributed by atoms with van der Waals surface area (Å²) in [6.45, 7) is -1.62. The third-order valence-corrected chi connectivity index (χ3v) is 2.93. The van der Waals surface area contributed by atoms with Gasteiger partial charge in [0.2, 0.25) is 0 Å². The molecule has 1 aliphatic heterocycles. The van der Waals surface area contributed by atoms with E-state index < -0.39 is 19.0 Å². The summed E-state index contributed by atoms with van der Waals surface area (Å²) in [7, 11) is 0. The molecule has 0 saturated carbocycles. The van der Waals surface area contributed by atoms with E-state index in [1.165, 1.54) is 0 Å². The quantitative estimate of drug-likeness (QED) is 0.760. The first-order chi connectivity index (χ1) is 7.19. The maximum atomic E-state index is 12.7. The Morgan fingerprint density at radius 1 is 1.33 bits per heavy atom. The topological polar surface area (TPSA) is 9.23 Å². The molecule has 15 heavy (non-hydrogen) atoms. The minimum absolute atomic E-state index is 0.370. The van der Waals surface area contributed by atoms with Crippen molar-refractivity contribution in [1.82, 2.24) is 0 Å². The molecule has 0 atom stereocenters. The van der Waals surface area contributed by atoms with Gasteiger partial charge >= 0.3 is 0 Å². The van der Waals surface area contributed by atoms with E-state index in [-0.39, 0.29) is 0 Å². The maximum absolute atomic E-state index is 12.7. The lowest BCUT2D eigenvalue weighted by Gasteiger charge is -2.34. The van der Waals surface area contributed by atoms with Crippen molar-refractivity contribution in [2.24, 2.45) is 0 Å². The molecule has 0 radical (unpaired) electrons. The summed E-state index contributed by atoms with van der Waals surface area (Å²) < 4.78 is 30.8. The van der Waals surface area contributed by atoms with Crippen LogP contribution in [0.4, 0.5) is 8.78 Å². The van der Waals surface area contributed by atoms with Crippen LogP contribution in [0.3, 0.4) is 0 Å². The van der Waals surface area contributed by atoms with Crippen LogP contribution in [0, 0.1) is 0 Å². The SMILES string of the molecule is FCC1(CF)CCc2ccc(Cl)cc2O1. The van der Waals surface area contributed by atoms with Crippen molar-refractivity contribution < 1.29 is 13.5 Å². The number of aryl methyl sites for hydroxylation is 1. The molecule has 0 amide bonds. The number of halogens is 3. The van der Waals surface area contributed by atoms with Gasteiger partial charge in [-0.2, -0.15) is 0 Å². The lowest BCUT2D eigenvalue weighted by atomic mass is 9.93. The third-order valence-electron chi connectivity index (χ3n) is 2.69. The lowest BCUT2D eigenvalue weighted by Crippen LogP contribution is -2.44. The van der Waals surface area contributed by atoms with Gasteiger partial charge in [-0.3, -0.25) is 0 Å². The fraction of sp³-hybridized carbons (Fsp3) is 0.455. The Morgan fingerprint density at radius 2 is 2.07 bits per heavy atom. The first-order valence-electron chi connectivity index (χ1n) is 4.78. The van der Waals surface area contributed by atoms with E-state index in [1.54, 1.807) is 12.1 Å². The minimum Gasteiger partial charge on any atom is -0.481 e. The van der Waals surface area contributed by atoms with E-state index >= 15 is 0 Å². The highest BCUT2D eigenvalue weighted by Crippen LogP contribution is 2.35. The molecule has 0 bridgehead atoms. The number of hydrogen-bond acceptors (Lipinski definition) is 1. The van der Waals surface area contributed by atoms with Gasteiger partial charge in [0.05, 0.1) is 0 Å². The highest BCUT2D eigenvalue weighted by atomic mass is 35.5. The monoisotopic (exact) mass is 232 g/mol. The predicted octanol–water partition coefficient (Wildman–Crippen LogP) is 3.34. The normalized spacial score (nSPS) is 18.1. The molecule has 0 aromatic heterocycles. The van der Waals surface area contributed by atoms with E-state index in [0.717, 1.165) is 5.56 Å². The number of hydrogen-bond donors (Lipinski definition) is 0. The summed E-state index contributed by atoms with van der Waals surface area (Å²) in [5, 5.41) is 0.516. The summed E-state index contributed by atoms with van der Waals surface area (Å²) >= 11 is 5.79. The van der Waals surface area contributed by atoms with Crippen molar-refractivity contribution in [3.8, 4) is 5.75 Å². The second-order valence-electron chi connectivity index (χ2n) is 3.80. The molecule has 0 unspecified atom stereocenters. The number of ether oxygens (including phenoxy) is 1. The van der Waals surface area contributed by atoms with Crippen LogP contribution in [0.25, 0.3) is 0 Å². The first kappa shape index (κ1) is 10.7. The molecule has 0 N–H and O–H groups in total. The van der Waals surface area contributed by atoms with Crippen LogP contribution in [0.2, 0.25) is 5.02 Å². The van der Waals surface area contributed by atoms with Crippen molar-refractivity contribution in [2.45, 2.75) is 18.4 Å². The van der Waals surface area contributed by atoms with Crippen LogP contribution < -0.4 is 4.74 Å². The highest BCUT2D eigenvalue weighted by Gasteiger charge is 2.36. The largest absolute Gasteiger partial charge is 0.481 e. The van der Waals surface area contributed by atoms with E-state index in [1.807, 2.05) is 6.07 Å². The molecule has 4 heteroatoms. The van der Waals surface area contributed by atoms with Crippen LogP contribution in [0.1, 0.15) is 12.0 Å². The predicted molar refractivity (Wildman–Crippen MR) is 55.1 cm³/mol. The van der Waals surface area contributed by atoms with E-state index in [2.05, 4.69) is 0 Å². The van der Waals surface area contributed by atoms with Crippen molar-refractivity contribution >= 4 is 11.6 Å². The van der Waals surface area contributed by atoms with Gasteiger partial charge in [-0.25, -0.2) is 8.78 Å². The van der Waals surface area contributed by atoms with Crippen LogP contribution in [-0.4, -0.2) is 19.0 Å². The third kappa shape index (κ3) is 1.93. The second-order valence-corrected chi connectivity index (χ2v) is 4.24. The van der Waals surface area contributed by atoms with Crippen molar-refractivity contribution in [1.29, 1.82) is 0 Å². The standard InChI is InChI=1S/C11H11ClF2O/c12-9-2-1-8-3-4-11(6-13,7-14)15-10(8)5-9/h1-2,5H,3-4,6-7H2. The summed E-state index contributed by atoms with van der Waals surface area (Å²) in [5.74, 6) is 0.504. The zero-order valence-electron chi connectivity index (χ0n) is 8.10. The van der Waals surface area contributed by atoms with Gasteiger partial charge in [0, 0.05) is 5.02 Å². The van der Waals surface area contributed by atoms with Gasteiger partial charge in [-0.1, -0.05) is 17.7 Å². The molecule has 1 nitrogen and oxygen atoms in total. The Labute approximate surface area is 92.0 Å². The lowest BCUT2D eigenvalue weighted by molar-refractivity contribution is 0.000340. The summed E-state index contributed by atoms with van der Waals surface area (Å²) in [6.07, 6.45) is 0.995. The van der Waals surface area contributed by atoms with Crippen molar-refractivity contribution in [3.05, 3.63) is 28.8 Å². The Hall–Kier alpha value is -0.830. The fourth-order valence-corrected chi connectivity index (χ4v) is 1.86. The molecule has 2 rings (SSSR count). The van der Waals surface area contributed by atoms with Crippen LogP contribution in [0.15, 0.2) is 18.2 Å². The molecule has 1 aliphatic rings. The number of rotatable bonds is 2. The van der Waals surface area contributed by atoms with Gasteiger partial charge < -0.3 is 4.74 Å². The average molecular weight is 233 g/mol. The number of fused-ring (bicyclic) bond motifs is 1. The molecule has 82 valence electrons. The fourth-order valence-electron chi connectivity index (χ4n) is 1.70. The molecule has 0 spiro atoms. The van der Waals surface area contributed by atoms with Crippen LogP contribution in [-0.2, 0) is 6.42 Å². The Kier molecular flexibility index (Phi) is 2.83. The second kappa shape index (κ2) is 3.97. The molecular formula is C11H11ClF2O. The van der Waals surface area contributed by atoms with E-state index in [9.17, 15) is 8.78 Å². The zero-order valence-corrected chi connectivity index (χ0v) is 8.86. The Morgan fingerprint density at radius 3 is 2.73 bits per heavy atom. The van der Waals surface area contributed by atoms with Gasteiger partial charge in [0.25, 0.3) is 0 Å². The first-order valence-corrected chi connectivity index (χ1v) is 5.16. The summed E-state index contributed by atoms with van der Waals surface area (Å²) in [5.41, 5.74) is -0.338. The van der Waals surface area contributed by atoms with E-state index in [0.29, 0.717) is 23.6 Å². The summed E-state index contributed by atoms with van der Waals surface area (Å²) in [4.78, 5) is 0. The molecule has 1 aromatic rings. The molecule has 0 saturated heterocycles. The van der Waals surface area contributed by atoms with Gasteiger partial charge in [-0.05, 0) is 30.5 Å². The van der Waals surface area contributed by atoms with Crippen LogP contribution in [0.5, 0.6) is 5.75 Å². The zero-order chi connectivity index (χ0) is 10.9. The van der Waals surface area contributed by atoms with Crippen LogP contribution >= 0.6 is 11.6 Å². The van der Waals surface area contributed by atoms with Gasteiger partial charge in [0.15, 0.2) is 5.60 Å².